The summed E-state index contributed by atoms with van der Waals surface area (Å²) < 4.78 is 5.76. The van der Waals surface area contributed by atoms with Crippen molar-refractivity contribution in [2.24, 2.45) is 0 Å². The highest BCUT2D eigenvalue weighted by atomic mass is 32.2. The quantitative estimate of drug-likeness (QED) is 0.682. The van der Waals surface area contributed by atoms with E-state index in [1.54, 1.807) is 0 Å². The van der Waals surface area contributed by atoms with Gasteiger partial charge < -0.3 is 9.32 Å². The summed E-state index contributed by atoms with van der Waals surface area (Å²) in [4.78, 5) is 14.6. The predicted octanol–water partition coefficient (Wildman–Crippen LogP) is 4.92. The summed E-state index contributed by atoms with van der Waals surface area (Å²) in [6.07, 6.45) is 4.45. The molecule has 1 atom stereocenters. The molecule has 2 heterocycles. The smallest absolute Gasteiger partial charge is 0.277 e. The fourth-order valence-electron chi connectivity index (χ4n) is 3.46. The SMILES string of the molecule is CC[C@H]1CCCCN1C(=O)CSc1nnc(-c2ccc(C(C)(C)C)cc2)o1. The Labute approximate surface area is 165 Å². The minimum Gasteiger partial charge on any atom is -0.411 e. The number of piperidine rings is 1. The van der Waals surface area contributed by atoms with Crippen LogP contribution in [0.5, 0.6) is 0 Å². The Kier molecular flexibility index (Phi) is 6.25. The van der Waals surface area contributed by atoms with E-state index < -0.39 is 0 Å². The molecule has 1 aliphatic rings. The van der Waals surface area contributed by atoms with E-state index in [2.05, 4.69) is 50.0 Å². The van der Waals surface area contributed by atoms with Crippen LogP contribution in [0.4, 0.5) is 0 Å². The van der Waals surface area contributed by atoms with Gasteiger partial charge >= 0.3 is 0 Å². The van der Waals surface area contributed by atoms with Crippen LogP contribution in [0.1, 0.15) is 58.9 Å². The third kappa shape index (κ3) is 4.92. The first-order chi connectivity index (χ1) is 12.9. The summed E-state index contributed by atoms with van der Waals surface area (Å²) in [6, 6.07) is 8.58. The minimum atomic E-state index is 0.111. The van der Waals surface area contributed by atoms with E-state index in [0.29, 0.717) is 22.9 Å². The van der Waals surface area contributed by atoms with Gasteiger partial charge in [-0.15, -0.1) is 10.2 Å². The molecule has 0 N–H and O–H groups in total. The molecule has 1 aliphatic heterocycles. The van der Waals surface area contributed by atoms with Crippen LogP contribution in [0.3, 0.4) is 0 Å². The molecule has 27 heavy (non-hydrogen) atoms. The van der Waals surface area contributed by atoms with E-state index in [1.165, 1.54) is 23.7 Å². The molecule has 6 heteroatoms. The summed E-state index contributed by atoms with van der Waals surface area (Å²) in [5, 5.41) is 8.68. The Balaban J connectivity index is 1.60. The van der Waals surface area contributed by atoms with Crippen molar-refractivity contribution in [1.29, 1.82) is 0 Å². The first-order valence-corrected chi connectivity index (χ1v) is 10.7. The average molecular weight is 388 g/mol. The zero-order valence-corrected chi connectivity index (χ0v) is 17.5. The van der Waals surface area contributed by atoms with Crippen molar-refractivity contribution in [3.8, 4) is 11.5 Å². The summed E-state index contributed by atoms with van der Waals surface area (Å²) >= 11 is 1.33. The van der Waals surface area contributed by atoms with E-state index in [4.69, 9.17) is 4.42 Å². The summed E-state index contributed by atoms with van der Waals surface area (Å²) in [5.74, 6) is 1.01. The molecule has 0 saturated carbocycles. The normalized spacial score (nSPS) is 17.9. The monoisotopic (exact) mass is 387 g/mol. The Morgan fingerprint density at radius 3 is 2.63 bits per heavy atom. The predicted molar refractivity (Wildman–Crippen MR) is 109 cm³/mol. The number of hydrogen-bond donors (Lipinski definition) is 0. The molecule has 2 aromatic rings. The lowest BCUT2D eigenvalue weighted by Crippen LogP contribution is -2.44. The molecule has 0 aliphatic carbocycles. The molecule has 1 saturated heterocycles. The largest absolute Gasteiger partial charge is 0.411 e. The van der Waals surface area contributed by atoms with Gasteiger partial charge in [-0.25, -0.2) is 0 Å². The highest BCUT2D eigenvalue weighted by molar-refractivity contribution is 7.99. The van der Waals surface area contributed by atoms with Crippen molar-refractivity contribution in [1.82, 2.24) is 15.1 Å². The highest BCUT2D eigenvalue weighted by Gasteiger charge is 2.25. The van der Waals surface area contributed by atoms with Crippen LogP contribution in [0.2, 0.25) is 0 Å². The van der Waals surface area contributed by atoms with Gasteiger partial charge in [0.05, 0.1) is 5.75 Å². The number of carbonyl (C=O) groups is 1. The lowest BCUT2D eigenvalue weighted by Gasteiger charge is -2.35. The molecule has 0 radical (unpaired) electrons. The van der Waals surface area contributed by atoms with Gasteiger partial charge in [0.25, 0.3) is 5.22 Å². The van der Waals surface area contributed by atoms with E-state index in [-0.39, 0.29) is 11.3 Å². The van der Waals surface area contributed by atoms with Crippen LogP contribution in [0, 0.1) is 0 Å². The topological polar surface area (TPSA) is 59.2 Å². The van der Waals surface area contributed by atoms with E-state index in [1.807, 2.05) is 17.0 Å². The van der Waals surface area contributed by atoms with Crippen molar-refractivity contribution in [3.63, 3.8) is 0 Å². The van der Waals surface area contributed by atoms with Crippen molar-refractivity contribution < 1.29 is 9.21 Å². The van der Waals surface area contributed by atoms with Crippen LogP contribution in [0.25, 0.3) is 11.5 Å². The first kappa shape index (κ1) is 19.9. The fraction of sp³-hybridized carbons (Fsp3) is 0.571. The zero-order valence-electron chi connectivity index (χ0n) is 16.7. The van der Waals surface area contributed by atoms with Gasteiger partial charge in [0.1, 0.15) is 0 Å². The van der Waals surface area contributed by atoms with Crippen molar-refractivity contribution in [3.05, 3.63) is 29.8 Å². The van der Waals surface area contributed by atoms with Crippen LogP contribution >= 0.6 is 11.8 Å². The van der Waals surface area contributed by atoms with Crippen molar-refractivity contribution >= 4 is 17.7 Å². The Hall–Kier alpha value is -1.82. The Morgan fingerprint density at radius 1 is 1.22 bits per heavy atom. The first-order valence-electron chi connectivity index (χ1n) is 9.75. The third-order valence-electron chi connectivity index (χ3n) is 5.14. The van der Waals surface area contributed by atoms with Crippen LogP contribution in [0.15, 0.2) is 33.9 Å². The highest BCUT2D eigenvalue weighted by Crippen LogP contribution is 2.28. The zero-order chi connectivity index (χ0) is 19.4. The molecular formula is C21H29N3O2S. The summed E-state index contributed by atoms with van der Waals surface area (Å²) in [7, 11) is 0. The lowest BCUT2D eigenvalue weighted by atomic mass is 9.87. The van der Waals surface area contributed by atoms with E-state index in [0.717, 1.165) is 31.4 Å². The van der Waals surface area contributed by atoms with Gasteiger partial charge in [-0.1, -0.05) is 51.6 Å². The molecule has 146 valence electrons. The molecule has 1 aromatic carbocycles. The van der Waals surface area contributed by atoms with Crippen LogP contribution < -0.4 is 0 Å². The van der Waals surface area contributed by atoms with Gasteiger partial charge in [-0.05, 0) is 48.8 Å². The molecule has 0 unspecified atom stereocenters. The molecule has 0 bridgehead atoms. The maximum Gasteiger partial charge on any atom is 0.277 e. The van der Waals surface area contributed by atoms with Crippen molar-refractivity contribution in [2.45, 2.75) is 70.1 Å². The number of likely N-dealkylation sites (tertiary alicyclic amines) is 1. The van der Waals surface area contributed by atoms with Crippen LogP contribution in [-0.4, -0.2) is 39.3 Å². The van der Waals surface area contributed by atoms with E-state index >= 15 is 0 Å². The molecule has 0 spiro atoms. The lowest BCUT2D eigenvalue weighted by molar-refractivity contribution is -0.132. The molecule has 3 rings (SSSR count). The number of hydrogen-bond acceptors (Lipinski definition) is 5. The van der Waals surface area contributed by atoms with E-state index in [9.17, 15) is 4.79 Å². The number of nitrogens with zero attached hydrogens (tertiary/aromatic N) is 3. The summed E-state index contributed by atoms with van der Waals surface area (Å²) in [6.45, 7) is 9.58. The second-order valence-electron chi connectivity index (χ2n) is 8.13. The second-order valence-corrected chi connectivity index (χ2v) is 9.06. The van der Waals surface area contributed by atoms with Gasteiger partial charge in [0.15, 0.2) is 0 Å². The number of benzene rings is 1. The maximum absolute atomic E-state index is 12.6. The Bertz CT molecular complexity index is 764. The molecule has 5 nitrogen and oxygen atoms in total. The van der Waals surface area contributed by atoms with Crippen molar-refractivity contribution in [2.75, 3.05) is 12.3 Å². The van der Waals surface area contributed by atoms with Gasteiger partial charge in [0, 0.05) is 18.2 Å². The molecule has 1 aromatic heterocycles. The van der Waals surface area contributed by atoms with Gasteiger partial charge in [-0.3, -0.25) is 4.79 Å². The summed E-state index contributed by atoms with van der Waals surface area (Å²) in [5.41, 5.74) is 2.27. The van der Waals surface area contributed by atoms with Crippen LogP contribution in [-0.2, 0) is 10.2 Å². The molecular weight excluding hydrogens is 358 g/mol. The minimum absolute atomic E-state index is 0.111. The number of amides is 1. The Morgan fingerprint density at radius 2 is 1.96 bits per heavy atom. The fourth-order valence-corrected chi connectivity index (χ4v) is 4.11. The number of carbonyl (C=O) groups excluding carboxylic acids is 1. The number of rotatable bonds is 5. The number of thioether (sulfide) groups is 1. The molecule has 1 amide bonds. The van der Waals surface area contributed by atoms with Gasteiger partial charge in [-0.2, -0.15) is 0 Å². The third-order valence-corrected chi connectivity index (χ3v) is 5.95. The average Bonchev–Trinajstić information content (AvgIpc) is 3.14. The number of aromatic nitrogens is 2. The van der Waals surface area contributed by atoms with Gasteiger partial charge in [0.2, 0.25) is 11.8 Å². The maximum atomic E-state index is 12.6. The standard InChI is InChI=1S/C21H29N3O2S/c1-5-17-8-6-7-13-24(17)18(25)14-27-20-23-22-19(26-20)15-9-11-16(12-10-15)21(2,3)4/h9-12,17H,5-8,13-14H2,1-4H3/t17-/m0/s1. The second kappa shape index (κ2) is 8.46. The molecule has 1 fully saturated rings.